The molecule has 1 unspecified atom stereocenters. The van der Waals surface area contributed by atoms with Crippen LogP contribution in [-0.4, -0.2) is 67.8 Å². The summed E-state index contributed by atoms with van der Waals surface area (Å²) in [5.41, 5.74) is 3.38. The van der Waals surface area contributed by atoms with Crippen molar-refractivity contribution in [1.29, 1.82) is 0 Å². The number of hydrazone groups is 1. The van der Waals surface area contributed by atoms with Gasteiger partial charge in [-0.05, 0) is 81.7 Å². The van der Waals surface area contributed by atoms with Crippen LogP contribution in [0.4, 0.5) is 16.3 Å². The maximum atomic E-state index is 13.0. The minimum Gasteiger partial charge on any atom is -0.497 e. The van der Waals surface area contributed by atoms with Crippen LogP contribution in [0.15, 0.2) is 84.1 Å². The number of amides is 1. The van der Waals surface area contributed by atoms with E-state index in [2.05, 4.69) is 23.4 Å². The second-order valence-electron chi connectivity index (χ2n) is 12.8. The third-order valence-corrected chi connectivity index (χ3v) is 8.22. The molecule has 1 saturated heterocycles. The van der Waals surface area contributed by atoms with Crippen LogP contribution in [-0.2, 0) is 11.3 Å². The van der Waals surface area contributed by atoms with Gasteiger partial charge in [0.15, 0.2) is 0 Å². The highest BCUT2D eigenvalue weighted by molar-refractivity contribution is 5.85. The van der Waals surface area contributed by atoms with Gasteiger partial charge < -0.3 is 29.2 Å². The third kappa shape index (κ3) is 8.93. The highest BCUT2D eigenvalue weighted by Gasteiger charge is 2.35. The van der Waals surface area contributed by atoms with Crippen LogP contribution in [0, 0.1) is 12.3 Å². The lowest BCUT2D eigenvalue weighted by Gasteiger charge is -2.41. The van der Waals surface area contributed by atoms with Crippen LogP contribution < -0.4 is 24.5 Å². The molecule has 2 atom stereocenters. The van der Waals surface area contributed by atoms with Crippen LogP contribution in [0.5, 0.6) is 17.2 Å². The molecular weight excluding hydrogens is 618 g/mol. The molecule has 1 amide bonds. The Hall–Kier alpha value is -5.43. The normalized spacial score (nSPS) is 17.5. The lowest BCUT2D eigenvalue weighted by atomic mass is 9.89. The second kappa shape index (κ2) is 16.1. The van der Waals surface area contributed by atoms with Crippen LogP contribution >= 0.6 is 0 Å². The molecule has 256 valence electrons. The van der Waals surface area contributed by atoms with Crippen LogP contribution in [0.3, 0.4) is 0 Å². The molecule has 0 saturated carbocycles. The van der Waals surface area contributed by atoms with Gasteiger partial charge in [0.05, 0.1) is 31.9 Å². The van der Waals surface area contributed by atoms with Gasteiger partial charge in [0.1, 0.15) is 35.3 Å². The zero-order chi connectivity index (χ0) is 34.8. The standard InChI is InChI=1S/C39H45N5O5/c1-7-8-9-10-11-23-48-31-17-14-28(15-18-31)33-26-42-44(30-13-12-22-43(27-30)38(45)49-39(2,3)4)34-20-21-40-37(36(33)34)41-25-29-16-19-32(46-5)24-35(29)47-6/h1,8-11,14-21,24,26,30,33H,12-13,22-23,25,27H2,2-6H3,(H,40,41)/b9-8-,11-10-/t30-,33?/m1/s1. The van der Waals surface area contributed by atoms with E-state index in [9.17, 15) is 4.79 Å². The van der Waals surface area contributed by atoms with Crippen molar-refractivity contribution >= 4 is 23.8 Å². The van der Waals surface area contributed by atoms with Crippen molar-refractivity contribution < 1.29 is 23.7 Å². The third-order valence-electron chi connectivity index (χ3n) is 8.22. The molecule has 0 bridgehead atoms. The molecule has 49 heavy (non-hydrogen) atoms. The summed E-state index contributed by atoms with van der Waals surface area (Å²) in [4.78, 5) is 19.6. The molecule has 3 heterocycles. The zero-order valence-electron chi connectivity index (χ0n) is 28.9. The maximum absolute atomic E-state index is 13.0. The van der Waals surface area contributed by atoms with E-state index in [-0.39, 0.29) is 18.1 Å². The first-order valence-corrected chi connectivity index (χ1v) is 16.5. The fourth-order valence-electron chi connectivity index (χ4n) is 5.91. The molecular formula is C39H45N5O5. The lowest BCUT2D eigenvalue weighted by molar-refractivity contribution is 0.0198. The summed E-state index contributed by atoms with van der Waals surface area (Å²) in [7, 11) is 3.28. The molecule has 2 aliphatic rings. The van der Waals surface area contributed by atoms with Gasteiger partial charge in [0, 0.05) is 49.2 Å². The summed E-state index contributed by atoms with van der Waals surface area (Å²) in [5, 5.41) is 10.6. The average molecular weight is 664 g/mol. The number of aromatic nitrogens is 1. The minimum absolute atomic E-state index is 0.0338. The number of rotatable bonds is 11. The number of ether oxygens (including phenoxy) is 4. The molecule has 1 fully saturated rings. The Morgan fingerprint density at radius 2 is 1.88 bits per heavy atom. The first kappa shape index (κ1) is 34.9. The summed E-state index contributed by atoms with van der Waals surface area (Å²) in [6.07, 6.45) is 17.6. The molecule has 1 aromatic heterocycles. The van der Waals surface area contributed by atoms with Gasteiger partial charge in [-0.2, -0.15) is 5.10 Å². The topological polar surface area (TPSA) is 97.8 Å². The molecule has 1 N–H and O–H groups in total. The number of fused-ring (bicyclic) bond motifs is 1. The number of methoxy groups -OCH3 is 2. The number of nitrogens with zero attached hydrogens (tertiary/aromatic N) is 4. The fraction of sp³-hybridized carbons (Fsp3) is 0.359. The Labute approximate surface area is 289 Å². The highest BCUT2D eigenvalue weighted by atomic mass is 16.6. The molecule has 5 rings (SSSR count). The molecule has 3 aromatic rings. The zero-order valence-corrected chi connectivity index (χ0v) is 28.9. The van der Waals surface area contributed by atoms with Crippen LogP contribution in [0.1, 0.15) is 56.2 Å². The van der Waals surface area contributed by atoms with Gasteiger partial charge in [-0.15, -0.1) is 6.42 Å². The number of carbonyl (C=O) groups excluding carboxylic acids is 1. The van der Waals surface area contributed by atoms with Gasteiger partial charge in [-0.1, -0.05) is 30.2 Å². The van der Waals surface area contributed by atoms with E-state index in [1.165, 1.54) is 0 Å². The second-order valence-corrected chi connectivity index (χ2v) is 12.8. The minimum atomic E-state index is -0.567. The van der Waals surface area contributed by atoms with Crippen molar-refractivity contribution in [1.82, 2.24) is 9.88 Å². The summed E-state index contributed by atoms with van der Waals surface area (Å²) in [6.45, 7) is 7.71. The van der Waals surface area contributed by atoms with Crippen LogP contribution in [0.2, 0.25) is 0 Å². The monoisotopic (exact) mass is 663 g/mol. The number of hydrogen-bond donors (Lipinski definition) is 1. The number of anilines is 2. The number of allylic oxidation sites excluding steroid dienone is 3. The summed E-state index contributed by atoms with van der Waals surface area (Å²) >= 11 is 0. The number of piperidine rings is 1. The molecule has 2 aliphatic heterocycles. The van der Waals surface area contributed by atoms with E-state index in [4.69, 9.17) is 35.5 Å². The Morgan fingerprint density at radius 1 is 1.08 bits per heavy atom. The van der Waals surface area contributed by atoms with Gasteiger partial charge in [-0.3, -0.25) is 5.01 Å². The van der Waals surface area contributed by atoms with Crippen LogP contribution in [0.25, 0.3) is 0 Å². The van der Waals surface area contributed by atoms with Crippen molar-refractivity contribution in [2.24, 2.45) is 5.10 Å². The number of carbonyl (C=O) groups is 1. The number of terminal acetylenes is 1. The summed E-state index contributed by atoms with van der Waals surface area (Å²) in [5.74, 6) is 5.21. The Morgan fingerprint density at radius 3 is 2.61 bits per heavy atom. The predicted octanol–water partition coefficient (Wildman–Crippen LogP) is 7.17. The lowest BCUT2D eigenvalue weighted by Crippen LogP contribution is -2.50. The van der Waals surface area contributed by atoms with Crippen molar-refractivity contribution in [2.45, 2.75) is 57.7 Å². The molecule has 0 radical (unpaired) electrons. The number of pyridine rings is 1. The predicted molar refractivity (Wildman–Crippen MR) is 194 cm³/mol. The van der Waals surface area contributed by atoms with E-state index < -0.39 is 5.60 Å². The smallest absolute Gasteiger partial charge is 0.410 e. The molecule has 10 heteroatoms. The molecule has 2 aromatic carbocycles. The van der Waals surface area contributed by atoms with E-state index in [1.54, 1.807) is 37.5 Å². The fourth-order valence-corrected chi connectivity index (χ4v) is 5.91. The number of likely N-dealkylation sites (tertiary alicyclic amines) is 1. The summed E-state index contributed by atoms with van der Waals surface area (Å²) in [6, 6.07) is 15.8. The van der Waals surface area contributed by atoms with Gasteiger partial charge in [0.2, 0.25) is 0 Å². The summed E-state index contributed by atoms with van der Waals surface area (Å²) < 4.78 is 22.7. The van der Waals surface area contributed by atoms with Crippen molar-refractivity contribution in [3.63, 3.8) is 0 Å². The van der Waals surface area contributed by atoms with Gasteiger partial charge >= 0.3 is 6.09 Å². The molecule has 0 aliphatic carbocycles. The van der Waals surface area contributed by atoms with Gasteiger partial charge in [0.25, 0.3) is 0 Å². The maximum Gasteiger partial charge on any atom is 0.410 e. The number of hydrogen-bond acceptors (Lipinski definition) is 9. The number of nitrogens with one attached hydrogen (secondary N) is 1. The quantitative estimate of drug-likeness (QED) is 0.170. The van der Waals surface area contributed by atoms with E-state index >= 15 is 0 Å². The molecule has 0 spiro atoms. The SMILES string of the molecule is C#C/C=C\C=C/COc1ccc(C2C=NN([C@@H]3CCCN(C(=O)OC(C)(C)C)C3)c3ccnc(NCc4ccc(OC)cc4OC)c32)cc1. The van der Waals surface area contributed by atoms with E-state index in [0.717, 1.165) is 58.3 Å². The first-order valence-electron chi connectivity index (χ1n) is 16.5. The Kier molecular flexibility index (Phi) is 11.5. The van der Waals surface area contributed by atoms with Crippen molar-refractivity contribution in [3.8, 4) is 29.6 Å². The average Bonchev–Trinajstić information content (AvgIpc) is 3.11. The Bertz CT molecular complexity index is 1720. The molecule has 10 nitrogen and oxygen atoms in total. The largest absolute Gasteiger partial charge is 0.497 e. The van der Waals surface area contributed by atoms with E-state index in [0.29, 0.717) is 26.2 Å². The number of benzene rings is 2. The van der Waals surface area contributed by atoms with E-state index in [1.807, 2.05) is 80.5 Å². The van der Waals surface area contributed by atoms with Crippen molar-refractivity contribution in [3.05, 3.63) is 95.7 Å². The Balaban J connectivity index is 1.44. The first-order chi connectivity index (χ1) is 23.7. The highest BCUT2D eigenvalue weighted by Crippen LogP contribution is 2.41. The van der Waals surface area contributed by atoms with Crippen molar-refractivity contribution in [2.75, 3.05) is 44.2 Å². The van der Waals surface area contributed by atoms with Gasteiger partial charge in [-0.25, -0.2) is 9.78 Å².